The van der Waals surface area contributed by atoms with E-state index in [1.807, 2.05) is 31.2 Å². The van der Waals surface area contributed by atoms with Gasteiger partial charge in [0.15, 0.2) is 0 Å². The first-order chi connectivity index (χ1) is 8.69. The maximum atomic E-state index is 11.3. The standard InChI is InChI=1S/C16H24O2Si/c1-12-7-9-15(10-8-12)16(18-14(3)17)13(2)11-19(4,5)6/h7-10,16H,2,11H2,1,3-6H3. The van der Waals surface area contributed by atoms with E-state index >= 15 is 0 Å². The molecule has 0 fully saturated rings. The minimum absolute atomic E-state index is 0.262. The zero-order valence-electron chi connectivity index (χ0n) is 12.6. The number of hydrogen-bond donors (Lipinski definition) is 0. The lowest BCUT2D eigenvalue weighted by Gasteiger charge is -2.25. The van der Waals surface area contributed by atoms with Crippen LogP contribution in [0.2, 0.25) is 25.7 Å². The van der Waals surface area contributed by atoms with Crippen molar-refractivity contribution >= 4 is 14.0 Å². The van der Waals surface area contributed by atoms with E-state index in [0.717, 1.165) is 17.2 Å². The van der Waals surface area contributed by atoms with E-state index < -0.39 is 8.07 Å². The average Bonchev–Trinajstić information content (AvgIpc) is 2.24. The van der Waals surface area contributed by atoms with Crippen molar-refractivity contribution in [1.29, 1.82) is 0 Å². The van der Waals surface area contributed by atoms with Gasteiger partial charge in [-0.25, -0.2) is 0 Å². The van der Waals surface area contributed by atoms with Gasteiger partial charge in [0.2, 0.25) is 0 Å². The molecule has 1 aromatic rings. The van der Waals surface area contributed by atoms with Gasteiger partial charge in [0.1, 0.15) is 6.10 Å². The summed E-state index contributed by atoms with van der Waals surface area (Å²) in [5.74, 6) is -0.262. The third kappa shape index (κ3) is 5.43. The highest BCUT2D eigenvalue weighted by Crippen LogP contribution is 2.31. The number of hydrogen-bond acceptors (Lipinski definition) is 2. The zero-order chi connectivity index (χ0) is 14.6. The van der Waals surface area contributed by atoms with Gasteiger partial charge in [-0.1, -0.05) is 56.0 Å². The average molecular weight is 276 g/mol. The Bertz CT molecular complexity index is 455. The predicted molar refractivity (Wildman–Crippen MR) is 83.0 cm³/mol. The fourth-order valence-electron chi connectivity index (χ4n) is 2.07. The summed E-state index contributed by atoms with van der Waals surface area (Å²) in [5, 5.41) is 0. The summed E-state index contributed by atoms with van der Waals surface area (Å²) in [6.45, 7) is 14.5. The van der Waals surface area contributed by atoms with Crippen LogP contribution in [0.15, 0.2) is 36.4 Å². The van der Waals surface area contributed by atoms with Crippen LogP contribution in [-0.2, 0) is 9.53 Å². The second-order valence-electron chi connectivity index (χ2n) is 6.30. The van der Waals surface area contributed by atoms with Crippen molar-refractivity contribution in [2.24, 2.45) is 0 Å². The van der Waals surface area contributed by atoms with E-state index in [0.29, 0.717) is 0 Å². The summed E-state index contributed by atoms with van der Waals surface area (Å²) in [6.07, 6.45) is -0.315. The summed E-state index contributed by atoms with van der Waals surface area (Å²) in [4.78, 5) is 11.3. The van der Waals surface area contributed by atoms with Crippen LogP contribution < -0.4 is 0 Å². The van der Waals surface area contributed by atoms with Crippen LogP contribution in [0.25, 0.3) is 0 Å². The molecule has 104 valence electrons. The van der Waals surface area contributed by atoms with Crippen LogP contribution in [-0.4, -0.2) is 14.0 Å². The second kappa shape index (κ2) is 6.20. The lowest BCUT2D eigenvalue weighted by atomic mass is 10.0. The molecule has 0 N–H and O–H groups in total. The molecule has 1 atom stereocenters. The van der Waals surface area contributed by atoms with E-state index in [4.69, 9.17) is 4.74 Å². The molecule has 3 heteroatoms. The SMILES string of the molecule is C=C(C[Si](C)(C)C)C(OC(C)=O)c1ccc(C)cc1. The van der Waals surface area contributed by atoms with E-state index in [2.05, 4.69) is 26.2 Å². The fourth-order valence-corrected chi connectivity index (χ4v) is 3.62. The lowest BCUT2D eigenvalue weighted by Crippen LogP contribution is -2.23. The molecule has 2 nitrogen and oxygen atoms in total. The van der Waals surface area contributed by atoms with Crippen molar-refractivity contribution in [3.63, 3.8) is 0 Å². The molecule has 0 heterocycles. The zero-order valence-corrected chi connectivity index (χ0v) is 13.6. The molecule has 1 unspecified atom stereocenters. The predicted octanol–water partition coefficient (Wildman–Crippen LogP) is 4.49. The molecule has 0 aliphatic carbocycles. The summed E-state index contributed by atoms with van der Waals surface area (Å²) in [5.41, 5.74) is 3.20. The number of benzene rings is 1. The highest BCUT2D eigenvalue weighted by Gasteiger charge is 2.23. The molecule has 0 spiro atoms. The normalized spacial score (nSPS) is 12.9. The van der Waals surface area contributed by atoms with Crippen LogP contribution in [0.1, 0.15) is 24.2 Å². The van der Waals surface area contributed by atoms with Gasteiger partial charge in [-0.2, -0.15) is 0 Å². The van der Waals surface area contributed by atoms with E-state index in [1.54, 1.807) is 0 Å². The van der Waals surface area contributed by atoms with Crippen LogP contribution in [0.3, 0.4) is 0 Å². The summed E-state index contributed by atoms with van der Waals surface area (Å²) < 4.78 is 5.47. The number of aryl methyl sites for hydroxylation is 1. The van der Waals surface area contributed by atoms with Gasteiger partial charge < -0.3 is 4.74 Å². The Hall–Kier alpha value is -1.35. The molecule has 0 saturated carbocycles. The molecule has 0 bridgehead atoms. The van der Waals surface area contributed by atoms with Crippen LogP contribution >= 0.6 is 0 Å². The van der Waals surface area contributed by atoms with Crippen molar-refractivity contribution in [3.05, 3.63) is 47.5 Å². The van der Waals surface area contributed by atoms with E-state index in [9.17, 15) is 4.79 Å². The van der Waals surface area contributed by atoms with Gasteiger partial charge in [-0.15, -0.1) is 0 Å². The summed E-state index contributed by atoms with van der Waals surface area (Å²) in [7, 11) is -1.27. The topological polar surface area (TPSA) is 26.3 Å². The Labute approximate surface area is 117 Å². The molecule has 0 amide bonds. The molecule has 1 aromatic carbocycles. The Morgan fingerprint density at radius 3 is 2.21 bits per heavy atom. The van der Waals surface area contributed by atoms with Crippen LogP contribution in [0.5, 0.6) is 0 Å². The first-order valence-corrected chi connectivity index (χ1v) is 10.3. The number of rotatable bonds is 5. The van der Waals surface area contributed by atoms with Crippen molar-refractivity contribution < 1.29 is 9.53 Å². The summed E-state index contributed by atoms with van der Waals surface area (Å²) >= 11 is 0. The minimum atomic E-state index is -1.27. The van der Waals surface area contributed by atoms with Crippen LogP contribution in [0.4, 0.5) is 0 Å². The van der Waals surface area contributed by atoms with Gasteiger partial charge in [-0.3, -0.25) is 4.79 Å². The Morgan fingerprint density at radius 1 is 1.26 bits per heavy atom. The molecule has 0 aliphatic rings. The van der Waals surface area contributed by atoms with Gasteiger partial charge in [0.05, 0.1) is 0 Å². The largest absolute Gasteiger partial charge is 0.453 e. The molecule has 1 rings (SSSR count). The highest BCUT2D eigenvalue weighted by molar-refractivity contribution is 6.76. The lowest BCUT2D eigenvalue weighted by molar-refractivity contribution is -0.144. The Kier molecular flexibility index (Phi) is 5.12. The first kappa shape index (κ1) is 15.7. The Morgan fingerprint density at radius 2 is 1.79 bits per heavy atom. The number of carbonyl (C=O) groups excluding carboxylic acids is 1. The molecule has 19 heavy (non-hydrogen) atoms. The Balaban J connectivity index is 2.97. The molecule has 0 aliphatic heterocycles. The van der Waals surface area contributed by atoms with Crippen molar-refractivity contribution in [3.8, 4) is 0 Å². The number of esters is 1. The summed E-state index contributed by atoms with van der Waals surface area (Å²) in [6, 6.07) is 9.05. The minimum Gasteiger partial charge on any atom is -0.453 e. The van der Waals surface area contributed by atoms with Gasteiger partial charge in [0.25, 0.3) is 0 Å². The first-order valence-electron chi connectivity index (χ1n) is 6.60. The quantitative estimate of drug-likeness (QED) is 0.450. The second-order valence-corrected chi connectivity index (χ2v) is 11.8. The maximum absolute atomic E-state index is 11.3. The van der Waals surface area contributed by atoms with Crippen molar-refractivity contribution in [1.82, 2.24) is 0 Å². The third-order valence-corrected chi connectivity index (χ3v) is 4.31. The van der Waals surface area contributed by atoms with Crippen molar-refractivity contribution in [2.45, 2.75) is 45.6 Å². The maximum Gasteiger partial charge on any atom is 0.303 e. The van der Waals surface area contributed by atoms with E-state index in [-0.39, 0.29) is 12.1 Å². The van der Waals surface area contributed by atoms with Crippen LogP contribution in [0, 0.1) is 6.92 Å². The molecule has 0 radical (unpaired) electrons. The van der Waals surface area contributed by atoms with Gasteiger partial charge in [0, 0.05) is 15.0 Å². The van der Waals surface area contributed by atoms with Crippen molar-refractivity contribution in [2.75, 3.05) is 0 Å². The number of ether oxygens (including phenoxy) is 1. The fraction of sp³-hybridized carbons (Fsp3) is 0.438. The molecule has 0 saturated heterocycles. The molecule has 0 aromatic heterocycles. The third-order valence-electron chi connectivity index (χ3n) is 2.79. The molecular formula is C16H24O2Si. The number of carbonyl (C=O) groups is 1. The van der Waals surface area contributed by atoms with E-state index in [1.165, 1.54) is 12.5 Å². The smallest absolute Gasteiger partial charge is 0.303 e. The molecular weight excluding hydrogens is 252 g/mol. The van der Waals surface area contributed by atoms with Gasteiger partial charge in [-0.05, 0) is 24.1 Å². The highest BCUT2D eigenvalue weighted by atomic mass is 28.3. The van der Waals surface area contributed by atoms with Gasteiger partial charge >= 0.3 is 5.97 Å². The monoisotopic (exact) mass is 276 g/mol.